The van der Waals surface area contributed by atoms with Crippen LogP contribution in [0.1, 0.15) is 27.2 Å². The van der Waals surface area contributed by atoms with Crippen LogP contribution in [0.3, 0.4) is 0 Å². The van der Waals surface area contributed by atoms with Crippen molar-refractivity contribution in [2.75, 3.05) is 19.8 Å². The molecule has 0 heterocycles. The molecule has 0 spiro atoms. The summed E-state index contributed by atoms with van der Waals surface area (Å²) in [5.74, 6) is 0.404. The third-order valence-electron chi connectivity index (χ3n) is 2.36. The summed E-state index contributed by atoms with van der Waals surface area (Å²) in [7, 11) is 0. The van der Waals surface area contributed by atoms with Crippen LogP contribution in [0.2, 0.25) is 0 Å². The van der Waals surface area contributed by atoms with E-state index < -0.39 is 0 Å². The first-order valence-electron chi connectivity index (χ1n) is 4.51. The lowest BCUT2D eigenvalue weighted by atomic mass is 9.92. The molecule has 1 unspecified atom stereocenters. The van der Waals surface area contributed by atoms with Gasteiger partial charge in [0.15, 0.2) is 0 Å². The average Bonchev–Trinajstić information content (AvgIpc) is 2.04. The van der Waals surface area contributed by atoms with Crippen LogP contribution in [-0.4, -0.2) is 30.5 Å². The predicted octanol–water partition coefficient (Wildman–Crippen LogP) is 0.759. The zero-order valence-corrected chi connectivity index (χ0v) is 8.34. The van der Waals surface area contributed by atoms with Crippen molar-refractivity contribution in [1.82, 2.24) is 0 Å². The number of aliphatic hydroxyl groups excluding tert-OH is 1. The van der Waals surface area contributed by atoms with Gasteiger partial charge in [-0.2, -0.15) is 0 Å². The molecule has 0 aliphatic rings. The normalized spacial score (nSPS) is 16.5. The summed E-state index contributed by atoms with van der Waals surface area (Å²) in [6.07, 6.45) is 0.683. The molecule has 12 heavy (non-hydrogen) atoms. The van der Waals surface area contributed by atoms with Crippen molar-refractivity contribution in [2.24, 2.45) is 11.7 Å². The molecule has 0 aliphatic carbocycles. The summed E-state index contributed by atoms with van der Waals surface area (Å²) < 4.78 is 5.60. The van der Waals surface area contributed by atoms with Gasteiger partial charge in [0.25, 0.3) is 0 Å². The Bertz CT molecular complexity index is 117. The second-order valence-corrected chi connectivity index (χ2v) is 3.60. The van der Waals surface area contributed by atoms with Gasteiger partial charge < -0.3 is 15.6 Å². The Morgan fingerprint density at radius 2 is 2.08 bits per heavy atom. The Morgan fingerprint density at radius 1 is 1.50 bits per heavy atom. The number of hydrogen-bond acceptors (Lipinski definition) is 3. The van der Waals surface area contributed by atoms with Crippen molar-refractivity contribution < 1.29 is 9.84 Å². The van der Waals surface area contributed by atoms with Crippen LogP contribution in [0.15, 0.2) is 0 Å². The molecule has 0 bridgehead atoms. The fraction of sp³-hybridized carbons (Fsp3) is 1.00. The molecular weight excluding hydrogens is 154 g/mol. The predicted molar refractivity (Wildman–Crippen MR) is 50.0 cm³/mol. The number of ether oxygens (including phenoxy) is 1. The lowest BCUT2D eigenvalue weighted by Gasteiger charge is -2.32. The maximum atomic E-state index is 8.56. The average molecular weight is 175 g/mol. The molecule has 0 fully saturated rings. The highest BCUT2D eigenvalue weighted by molar-refractivity contribution is 4.79. The largest absolute Gasteiger partial charge is 0.396 e. The van der Waals surface area contributed by atoms with E-state index in [-0.39, 0.29) is 12.2 Å². The second kappa shape index (κ2) is 5.51. The molecule has 74 valence electrons. The highest BCUT2D eigenvalue weighted by atomic mass is 16.5. The molecular formula is C9H21NO2. The molecule has 0 radical (unpaired) electrons. The first-order valence-corrected chi connectivity index (χ1v) is 4.51. The Hall–Kier alpha value is -0.120. The molecule has 0 saturated heterocycles. The lowest BCUT2D eigenvalue weighted by Crippen LogP contribution is -2.42. The Morgan fingerprint density at radius 3 is 2.42 bits per heavy atom. The first kappa shape index (κ1) is 11.9. The van der Waals surface area contributed by atoms with Crippen LogP contribution < -0.4 is 5.73 Å². The van der Waals surface area contributed by atoms with E-state index in [4.69, 9.17) is 15.6 Å². The van der Waals surface area contributed by atoms with E-state index in [1.807, 2.05) is 6.92 Å². The van der Waals surface area contributed by atoms with E-state index in [9.17, 15) is 0 Å². The highest BCUT2D eigenvalue weighted by Crippen LogP contribution is 2.19. The SMILES string of the molecule is CC(C)C(C)(CN)OCCCO. The number of aliphatic hydroxyl groups is 1. The van der Waals surface area contributed by atoms with Gasteiger partial charge in [0.2, 0.25) is 0 Å². The van der Waals surface area contributed by atoms with Crippen molar-refractivity contribution in [3.8, 4) is 0 Å². The van der Waals surface area contributed by atoms with Gasteiger partial charge >= 0.3 is 0 Å². The maximum Gasteiger partial charge on any atom is 0.0798 e. The Balaban J connectivity index is 3.80. The van der Waals surface area contributed by atoms with Crippen LogP contribution >= 0.6 is 0 Å². The fourth-order valence-electron chi connectivity index (χ4n) is 0.831. The summed E-state index contributed by atoms with van der Waals surface area (Å²) >= 11 is 0. The van der Waals surface area contributed by atoms with Crippen LogP contribution in [0, 0.1) is 5.92 Å². The summed E-state index contributed by atoms with van der Waals surface area (Å²) in [6, 6.07) is 0. The van der Waals surface area contributed by atoms with Gasteiger partial charge in [-0.15, -0.1) is 0 Å². The minimum Gasteiger partial charge on any atom is -0.396 e. The van der Waals surface area contributed by atoms with Crippen molar-refractivity contribution in [1.29, 1.82) is 0 Å². The third-order valence-corrected chi connectivity index (χ3v) is 2.36. The summed E-state index contributed by atoms with van der Waals surface area (Å²) in [5.41, 5.74) is 5.36. The van der Waals surface area contributed by atoms with E-state index >= 15 is 0 Å². The second-order valence-electron chi connectivity index (χ2n) is 3.60. The van der Waals surface area contributed by atoms with E-state index in [2.05, 4.69) is 13.8 Å². The maximum absolute atomic E-state index is 8.56. The van der Waals surface area contributed by atoms with Crippen LogP contribution in [-0.2, 0) is 4.74 Å². The molecule has 0 saturated carbocycles. The standard InChI is InChI=1S/C9H21NO2/c1-8(2)9(3,7-10)12-6-4-5-11/h8,11H,4-7,10H2,1-3H3. The molecule has 0 aromatic rings. The Labute approximate surface area is 74.9 Å². The monoisotopic (exact) mass is 175 g/mol. The van der Waals surface area contributed by atoms with E-state index in [0.717, 1.165) is 0 Å². The zero-order chi connectivity index (χ0) is 9.61. The third kappa shape index (κ3) is 3.52. The molecule has 0 aliphatic heterocycles. The van der Waals surface area contributed by atoms with Crippen molar-refractivity contribution in [3.63, 3.8) is 0 Å². The van der Waals surface area contributed by atoms with Gasteiger partial charge in [-0.05, 0) is 19.3 Å². The smallest absolute Gasteiger partial charge is 0.0798 e. The molecule has 3 nitrogen and oxygen atoms in total. The van der Waals surface area contributed by atoms with E-state index in [0.29, 0.717) is 25.5 Å². The fourth-order valence-corrected chi connectivity index (χ4v) is 0.831. The number of hydrogen-bond donors (Lipinski definition) is 2. The molecule has 3 N–H and O–H groups in total. The molecule has 0 aromatic heterocycles. The van der Waals surface area contributed by atoms with E-state index in [1.54, 1.807) is 0 Å². The number of nitrogens with two attached hydrogens (primary N) is 1. The summed E-state index contributed by atoms with van der Waals surface area (Å²) in [6.45, 7) is 7.48. The van der Waals surface area contributed by atoms with Crippen molar-refractivity contribution in [2.45, 2.75) is 32.8 Å². The number of rotatable bonds is 6. The quantitative estimate of drug-likeness (QED) is 0.586. The van der Waals surface area contributed by atoms with Gasteiger partial charge in [-0.1, -0.05) is 13.8 Å². The molecule has 0 amide bonds. The van der Waals surface area contributed by atoms with Crippen LogP contribution in [0.5, 0.6) is 0 Å². The lowest BCUT2D eigenvalue weighted by molar-refractivity contribution is -0.0609. The van der Waals surface area contributed by atoms with E-state index in [1.165, 1.54) is 0 Å². The van der Waals surface area contributed by atoms with Gasteiger partial charge in [-0.3, -0.25) is 0 Å². The highest BCUT2D eigenvalue weighted by Gasteiger charge is 2.26. The minimum atomic E-state index is -0.241. The van der Waals surface area contributed by atoms with Crippen LogP contribution in [0.4, 0.5) is 0 Å². The van der Waals surface area contributed by atoms with Crippen molar-refractivity contribution in [3.05, 3.63) is 0 Å². The first-order chi connectivity index (χ1) is 5.56. The molecule has 0 rings (SSSR count). The molecule has 0 aromatic carbocycles. The summed E-state index contributed by atoms with van der Waals surface area (Å²) in [4.78, 5) is 0. The van der Waals surface area contributed by atoms with Crippen LogP contribution in [0.25, 0.3) is 0 Å². The summed E-state index contributed by atoms with van der Waals surface area (Å²) in [5, 5.41) is 8.56. The topological polar surface area (TPSA) is 55.5 Å². The molecule has 3 heteroatoms. The van der Waals surface area contributed by atoms with Gasteiger partial charge in [0.1, 0.15) is 0 Å². The van der Waals surface area contributed by atoms with Gasteiger partial charge in [-0.25, -0.2) is 0 Å². The van der Waals surface area contributed by atoms with Gasteiger partial charge in [0.05, 0.1) is 5.60 Å². The van der Waals surface area contributed by atoms with Crippen molar-refractivity contribution >= 4 is 0 Å². The minimum absolute atomic E-state index is 0.179. The molecule has 1 atom stereocenters. The Kier molecular flexibility index (Phi) is 5.46. The zero-order valence-electron chi connectivity index (χ0n) is 8.34. The van der Waals surface area contributed by atoms with Gasteiger partial charge in [0, 0.05) is 19.8 Å².